The molecule has 27 heavy (non-hydrogen) atoms. The second kappa shape index (κ2) is 7.57. The van der Waals surface area contributed by atoms with E-state index in [4.69, 9.17) is 0 Å². The molecular weight excluding hydrogens is 345 g/mol. The van der Waals surface area contributed by atoms with Gasteiger partial charge in [0.1, 0.15) is 11.5 Å². The third-order valence-electron chi connectivity index (χ3n) is 4.70. The van der Waals surface area contributed by atoms with Crippen LogP contribution in [0.1, 0.15) is 34.9 Å². The summed E-state index contributed by atoms with van der Waals surface area (Å²) in [6, 6.07) is 6.34. The van der Waals surface area contributed by atoms with Gasteiger partial charge < -0.3 is 4.90 Å². The summed E-state index contributed by atoms with van der Waals surface area (Å²) in [5, 5.41) is 0. The van der Waals surface area contributed by atoms with Crippen LogP contribution in [0.4, 0.5) is 4.39 Å². The first-order valence-corrected chi connectivity index (χ1v) is 8.84. The highest BCUT2D eigenvalue weighted by Gasteiger charge is 2.29. The molecule has 0 unspecified atom stereocenters. The lowest BCUT2D eigenvalue weighted by molar-refractivity contribution is 0.0699. The van der Waals surface area contributed by atoms with Gasteiger partial charge in [0.25, 0.3) is 5.91 Å². The van der Waals surface area contributed by atoms with E-state index in [2.05, 4.69) is 19.9 Å². The van der Waals surface area contributed by atoms with E-state index in [9.17, 15) is 9.18 Å². The van der Waals surface area contributed by atoms with Gasteiger partial charge in [0.15, 0.2) is 0 Å². The zero-order valence-electron chi connectivity index (χ0n) is 14.6. The van der Waals surface area contributed by atoms with Crippen molar-refractivity contribution in [2.75, 3.05) is 13.1 Å². The van der Waals surface area contributed by atoms with E-state index in [1.807, 2.05) is 6.07 Å². The van der Waals surface area contributed by atoms with Crippen molar-refractivity contribution in [1.29, 1.82) is 0 Å². The number of carbonyl (C=O) groups excluding carboxylic acids is 1. The summed E-state index contributed by atoms with van der Waals surface area (Å²) in [6.07, 6.45) is 9.53. The maximum Gasteiger partial charge on any atom is 0.274 e. The minimum atomic E-state index is -0.313. The zero-order valence-corrected chi connectivity index (χ0v) is 14.6. The summed E-state index contributed by atoms with van der Waals surface area (Å²) in [6.45, 7) is 1.19. The van der Waals surface area contributed by atoms with E-state index in [-0.39, 0.29) is 17.6 Å². The molecule has 3 heterocycles. The normalized spacial score (nSPS) is 16.9. The van der Waals surface area contributed by atoms with Crippen LogP contribution in [0, 0.1) is 5.82 Å². The van der Waals surface area contributed by atoms with Crippen molar-refractivity contribution in [3.05, 3.63) is 72.5 Å². The number of benzene rings is 1. The molecule has 1 fully saturated rings. The molecule has 0 saturated carbocycles. The Morgan fingerprint density at radius 3 is 2.78 bits per heavy atom. The summed E-state index contributed by atoms with van der Waals surface area (Å²) >= 11 is 0. The third-order valence-corrected chi connectivity index (χ3v) is 4.70. The van der Waals surface area contributed by atoms with Crippen molar-refractivity contribution in [3.63, 3.8) is 0 Å². The van der Waals surface area contributed by atoms with Crippen LogP contribution in [-0.4, -0.2) is 43.8 Å². The number of rotatable bonds is 3. The van der Waals surface area contributed by atoms with E-state index >= 15 is 0 Å². The molecule has 1 saturated heterocycles. The molecule has 136 valence electrons. The lowest BCUT2D eigenvalue weighted by Crippen LogP contribution is -2.39. The number of carbonyl (C=O) groups is 1. The Balaban J connectivity index is 1.62. The molecule has 0 spiro atoms. The predicted octanol–water partition coefficient (Wildman–Crippen LogP) is 3.09. The van der Waals surface area contributed by atoms with Crippen molar-refractivity contribution < 1.29 is 9.18 Å². The van der Waals surface area contributed by atoms with Crippen LogP contribution < -0.4 is 0 Å². The third kappa shape index (κ3) is 3.67. The first-order valence-electron chi connectivity index (χ1n) is 8.84. The van der Waals surface area contributed by atoms with Gasteiger partial charge in [-0.2, -0.15) is 0 Å². The van der Waals surface area contributed by atoms with Gasteiger partial charge in [-0.15, -0.1) is 0 Å². The lowest BCUT2D eigenvalue weighted by atomic mass is 9.91. The van der Waals surface area contributed by atoms with E-state index in [0.717, 1.165) is 18.5 Å². The molecule has 0 N–H and O–H groups in total. The van der Waals surface area contributed by atoms with Crippen LogP contribution in [-0.2, 0) is 0 Å². The summed E-state index contributed by atoms with van der Waals surface area (Å²) < 4.78 is 13.7. The zero-order chi connectivity index (χ0) is 18.6. The van der Waals surface area contributed by atoms with Crippen molar-refractivity contribution in [1.82, 2.24) is 24.8 Å². The van der Waals surface area contributed by atoms with Gasteiger partial charge in [0.2, 0.25) is 0 Å². The molecule has 0 aliphatic carbocycles. The Morgan fingerprint density at radius 1 is 1.11 bits per heavy atom. The quantitative estimate of drug-likeness (QED) is 0.715. The molecule has 0 bridgehead atoms. The maximum atomic E-state index is 13.7. The standard InChI is InChI=1S/C20H18FN5O/c21-16-5-1-3-14(11-16)18-19(25-9-8-24-18)15-4-2-10-26(13-15)20(27)17-12-22-6-7-23-17/h1,3,5-9,11-12,15H,2,4,10,13H2/t15-/m1/s1. The molecule has 1 aliphatic heterocycles. The highest BCUT2D eigenvalue weighted by molar-refractivity contribution is 5.92. The molecule has 0 radical (unpaired) electrons. The van der Waals surface area contributed by atoms with Gasteiger partial charge in [-0.05, 0) is 25.0 Å². The fraction of sp³-hybridized carbons (Fsp3) is 0.250. The van der Waals surface area contributed by atoms with Gasteiger partial charge in [-0.25, -0.2) is 9.37 Å². The number of likely N-dealkylation sites (tertiary alicyclic amines) is 1. The number of hydrogen-bond donors (Lipinski definition) is 0. The van der Waals surface area contributed by atoms with Crippen molar-refractivity contribution in [3.8, 4) is 11.3 Å². The summed E-state index contributed by atoms with van der Waals surface area (Å²) in [4.78, 5) is 31.5. The smallest absolute Gasteiger partial charge is 0.274 e. The SMILES string of the molecule is O=C(c1cnccn1)N1CCC[C@@H](c2nccnc2-c2cccc(F)c2)C1. The molecule has 6 nitrogen and oxygen atoms in total. The Hall–Kier alpha value is -3.22. The molecule has 7 heteroatoms. The van der Waals surface area contributed by atoms with E-state index in [0.29, 0.717) is 30.0 Å². The highest BCUT2D eigenvalue weighted by atomic mass is 19.1. The molecule has 2 aromatic heterocycles. The fourth-order valence-corrected chi connectivity index (χ4v) is 3.46. The molecule has 1 aromatic carbocycles. The monoisotopic (exact) mass is 363 g/mol. The van der Waals surface area contributed by atoms with E-state index < -0.39 is 0 Å². The Labute approximate surface area is 156 Å². The number of piperidine rings is 1. The fourth-order valence-electron chi connectivity index (χ4n) is 3.46. The van der Waals surface area contributed by atoms with Gasteiger partial charge in [0, 0.05) is 49.4 Å². The lowest BCUT2D eigenvalue weighted by Gasteiger charge is -2.32. The topological polar surface area (TPSA) is 71.9 Å². The number of hydrogen-bond acceptors (Lipinski definition) is 5. The van der Waals surface area contributed by atoms with Crippen LogP contribution in [0.5, 0.6) is 0 Å². The number of halogens is 1. The molecule has 1 aliphatic rings. The van der Waals surface area contributed by atoms with Crippen molar-refractivity contribution >= 4 is 5.91 Å². The number of amides is 1. The summed E-state index contributed by atoms with van der Waals surface area (Å²) in [5.41, 5.74) is 2.48. The molecule has 4 rings (SSSR count). The molecule has 3 aromatic rings. The Morgan fingerprint density at radius 2 is 1.96 bits per heavy atom. The van der Waals surface area contributed by atoms with Crippen LogP contribution in [0.25, 0.3) is 11.3 Å². The molecular formula is C20H18FN5O. The Kier molecular flexibility index (Phi) is 4.82. The average molecular weight is 363 g/mol. The second-order valence-electron chi connectivity index (χ2n) is 6.48. The highest BCUT2D eigenvalue weighted by Crippen LogP contribution is 2.32. The van der Waals surface area contributed by atoms with E-state index in [1.165, 1.54) is 24.5 Å². The largest absolute Gasteiger partial charge is 0.337 e. The number of aromatic nitrogens is 4. The molecule has 1 atom stereocenters. The summed E-state index contributed by atoms with van der Waals surface area (Å²) in [5.74, 6) is -0.414. The van der Waals surface area contributed by atoms with Crippen LogP contribution in [0.2, 0.25) is 0 Å². The van der Waals surface area contributed by atoms with Crippen LogP contribution in [0.3, 0.4) is 0 Å². The Bertz CT molecular complexity index is 950. The van der Waals surface area contributed by atoms with Crippen molar-refractivity contribution in [2.24, 2.45) is 0 Å². The first-order chi connectivity index (χ1) is 13.2. The van der Waals surface area contributed by atoms with Gasteiger partial charge in [0.05, 0.1) is 17.6 Å². The van der Waals surface area contributed by atoms with Gasteiger partial charge >= 0.3 is 0 Å². The van der Waals surface area contributed by atoms with E-state index in [1.54, 1.807) is 29.6 Å². The van der Waals surface area contributed by atoms with Gasteiger partial charge in [-0.1, -0.05) is 12.1 Å². The first kappa shape index (κ1) is 17.2. The maximum absolute atomic E-state index is 13.7. The van der Waals surface area contributed by atoms with Gasteiger partial charge in [-0.3, -0.25) is 19.7 Å². The average Bonchev–Trinajstić information content (AvgIpc) is 2.74. The minimum Gasteiger partial charge on any atom is -0.337 e. The number of nitrogens with zero attached hydrogens (tertiary/aromatic N) is 5. The van der Waals surface area contributed by atoms with Crippen LogP contribution in [0.15, 0.2) is 55.2 Å². The van der Waals surface area contributed by atoms with Crippen LogP contribution >= 0.6 is 0 Å². The summed E-state index contributed by atoms with van der Waals surface area (Å²) in [7, 11) is 0. The molecule has 1 amide bonds. The van der Waals surface area contributed by atoms with Crippen molar-refractivity contribution in [2.45, 2.75) is 18.8 Å². The second-order valence-corrected chi connectivity index (χ2v) is 6.48. The predicted molar refractivity (Wildman–Crippen MR) is 97.3 cm³/mol. The minimum absolute atomic E-state index is 0.0336.